The topological polar surface area (TPSA) is 47.3 Å². The summed E-state index contributed by atoms with van der Waals surface area (Å²) in [6.07, 6.45) is 1.77. The van der Waals surface area contributed by atoms with E-state index >= 15 is 0 Å². The Morgan fingerprint density at radius 2 is 2.06 bits per heavy atom. The lowest BCUT2D eigenvalue weighted by molar-refractivity contribution is 0.123. The van der Waals surface area contributed by atoms with Crippen LogP contribution in [0.1, 0.15) is 5.82 Å². The maximum absolute atomic E-state index is 12.8. The van der Waals surface area contributed by atoms with Crippen LogP contribution in [0.15, 0.2) is 30.5 Å². The van der Waals surface area contributed by atoms with Gasteiger partial charge in [0.25, 0.3) is 0 Å². The molecule has 1 N–H and O–H groups in total. The van der Waals surface area contributed by atoms with Gasteiger partial charge in [0.2, 0.25) is 0 Å². The van der Waals surface area contributed by atoms with E-state index in [-0.39, 0.29) is 12.4 Å². The molecule has 0 amide bonds. The third-order valence-electron chi connectivity index (χ3n) is 2.41. The zero-order valence-electron chi connectivity index (χ0n) is 9.43. The average Bonchev–Trinajstić information content (AvgIpc) is 2.74. The number of methoxy groups -OCH3 is 1. The van der Waals surface area contributed by atoms with Crippen molar-refractivity contribution in [2.75, 3.05) is 7.11 Å². The molecule has 5 heteroatoms. The molecule has 2 aromatic rings. The summed E-state index contributed by atoms with van der Waals surface area (Å²) in [6, 6.07) is 6.05. The molecule has 17 heavy (non-hydrogen) atoms. The van der Waals surface area contributed by atoms with Gasteiger partial charge in [0, 0.05) is 18.9 Å². The van der Waals surface area contributed by atoms with E-state index in [9.17, 15) is 4.39 Å². The summed E-state index contributed by atoms with van der Waals surface area (Å²) in [4.78, 5) is 4.26. The van der Waals surface area contributed by atoms with E-state index in [0.29, 0.717) is 18.2 Å². The van der Waals surface area contributed by atoms with Gasteiger partial charge in [0.15, 0.2) is 0 Å². The Morgan fingerprint density at radius 1 is 1.35 bits per heavy atom. The smallest absolute Gasteiger partial charge is 0.137 e. The Kier molecular flexibility index (Phi) is 3.51. The first-order valence-electron chi connectivity index (χ1n) is 5.16. The summed E-state index contributed by atoms with van der Waals surface area (Å²) in [5.41, 5.74) is 1.49. The van der Waals surface area contributed by atoms with Crippen molar-refractivity contribution < 1.29 is 14.2 Å². The second kappa shape index (κ2) is 5.07. The largest absolute Gasteiger partial charge is 0.388 e. The highest BCUT2D eigenvalue weighted by Gasteiger charge is 2.08. The van der Waals surface area contributed by atoms with Gasteiger partial charge in [0.05, 0.1) is 5.69 Å². The van der Waals surface area contributed by atoms with E-state index in [1.54, 1.807) is 30.0 Å². The fourth-order valence-electron chi connectivity index (χ4n) is 1.59. The van der Waals surface area contributed by atoms with Gasteiger partial charge in [0.1, 0.15) is 25.0 Å². The van der Waals surface area contributed by atoms with E-state index in [2.05, 4.69) is 4.98 Å². The van der Waals surface area contributed by atoms with Crippen molar-refractivity contribution in [3.63, 3.8) is 0 Å². The number of aliphatic hydroxyl groups is 1. The van der Waals surface area contributed by atoms with Crippen molar-refractivity contribution in [1.82, 2.24) is 9.55 Å². The maximum atomic E-state index is 12.8. The molecular formula is C12H13FN2O2. The minimum atomic E-state index is -0.285. The number of halogens is 1. The van der Waals surface area contributed by atoms with E-state index in [4.69, 9.17) is 9.84 Å². The van der Waals surface area contributed by atoms with Gasteiger partial charge in [-0.15, -0.1) is 0 Å². The summed E-state index contributed by atoms with van der Waals surface area (Å²) in [7, 11) is 1.57. The second-order valence-electron chi connectivity index (χ2n) is 3.59. The molecule has 0 aliphatic heterocycles. The minimum absolute atomic E-state index is 0.162. The molecule has 0 atom stereocenters. The summed E-state index contributed by atoms with van der Waals surface area (Å²) in [5.74, 6) is 0.235. The number of hydrogen-bond acceptors (Lipinski definition) is 3. The van der Waals surface area contributed by atoms with Crippen molar-refractivity contribution in [3.8, 4) is 11.3 Å². The molecule has 1 aromatic carbocycles. The molecular weight excluding hydrogens is 223 g/mol. The van der Waals surface area contributed by atoms with Crippen LogP contribution in [0, 0.1) is 5.82 Å². The van der Waals surface area contributed by atoms with Crippen molar-refractivity contribution in [2.45, 2.75) is 13.3 Å². The standard InChI is InChI=1S/C12H13FN2O2/c1-17-8-15-6-11(14-12(15)7-16)9-2-4-10(13)5-3-9/h2-6,16H,7-8H2,1H3. The van der Waals surface area contributed by atoms with Crippen molar-refractivity contribution >= 4 is 0 Å². The van der Waals surface area contributed by atoms with Crippen LogP contribution in [-0.4, -0.2) is 21.8 Å². The van der Waals surface area contributed by atoms with Crippen LogP contribution in [0.3, 0.4) is 0 Å². The minimum Gasteiger partial charge on any atom is -0.388 e. The van der Waals surface area contributed by atoms with Crippen molar-refractivity contribution in [2.24, 2.45) is 0 Å². The van der Waals surface area contributed by atoms with Crippen LogP contribution in [0.25, 0.3) is 11.3 Å². The molecule has 2 rings (SSSR count). The number of rotatable bonds is 4. The Labute approximate surface area is 98.3 Å². The van der Waals surface area contributed by atoms with Gasteiger partial charge >= 0.3 is 0 Å². The average molecular weight is 236 g/mol. The molecule has 0 fully saturated rings. The van der Waals surface area contributed by atoms with Crippen LogP contribution in [0.5, 0.6) is 0 Å². The SMILES string of the molecule is COCn1cc(-c2ccc(F)cc2)nc1CO. The quantitative estimate of drug-likeness (QED) is 0.880. The molecule has 0 saturated heterocycles. The molecule has 0 unspecified atom stereocenters. The Morgan fingerprint density at radius 3 is 2.65 bits per heavy atom. The predicted molar refractivity (Wildman–Crippen MR) is 60.6 cm³/mol. The van der Waals surface area contributed by atoms with Crippen molar-refractivity contribution in [1.29, 1.82) is 0 Å². The zero-order valence-corrected chi connectivity index (χ0v) is 9.43. The third kappa shape index (κ3) is 2.51. The summed E-state index contributed by atoms with van der Waals surface area (Å²) < 4.78 is 19.5. The van der Waals surface area contributed by atoms with Gasteiger partial charge in [-0.05, 0) is 24.3 Å². The predicted octanol–water partition coefficient (Wildman–Crippen LogP) is 1.79. The van der Waals surface area contributed by atoms with Gasteiger partial charge in [-0.2, -0.15) is 0 Å². The molecule has 0 bridgehead atoms. The first-order chi connectivity index (χ1) is 8.24. The fourth-order valence-corrected chi connectivity index (χ4v) is 1.59. The van der Waals surface area contributed by atoms with Gasteiger partial charge < -0.3 is 14.4 Å². The molecule has 90 valence electrons. The van der Waals surface area contributed by atoms with Crippen LogP contribution < -0.4 is 0 Å². The Bertz CT molecular complexity index is 494. The van der Waals surface area contributed by atoms with Crippen molar-refractivity contribution in [3.05, 3.63) is 42.1 Å². The van der Waals surface area contributed by atoms with E-state index in [0.717, 1.165) is 5.56 Å². The molecule has 1 aromatic heterocycles. The number of hydrogen-bond donors (Lipinski definition) is 1. The third-order valence-corrected chi connectivity index (χ3v) is 2.41. The fraction of sp³-hybridized carbons (Fsp3) is 0.250. The lowest BCUT2D eigenvalue weighted by Crippen LogP contribution is -2.03. The summed E-state index contributed by atoms with van der Waals surface area (Å²) in [6.45, 7) is 0.161. The highest BCUT2D eigenvalue weighted by molar-refractivity contribution is 5.58. The highest BCUT2D eigenvalue weighted by Crippen LogP contribution is 2.19. The van der Waals surface area contributed by atoms with Crippen LogP contribution in [-0.2, 0) is 18.1 Å². The summed E-state index contributed by atoms with van der Waals surface area (Å²) in [5, 5.41) is 9.15. The zero-order chi connectivity index (χ0) is 12.3. The van der Waals surface area contributed by atoms with E-state index < -0.39 is 0 Å². The number of nitrogens with zero attached hydrogens (tertiary/aromatic N) is 2. The van der Waals surface area contributed by atoms with Crippen LogP contribution in [0.2, 0.25) is 0 Å². The molecule has 0 aliphatic rings. The van der Waals surface area contributed by atoms with E-state index in [1.807, 2.05) is 0 Å². The lowest BCUT2D eigenvalue weighted by atomic mass is 10.2. The molecule has 1 heterocycles. The van der Waals surface area contributed by atoms with Crippen LogP contribution in [0.4, 0.5) is 4.39 Å². The Balaban J connectivity index is 2.35. The normalized spacial score (nSPS) is 10.8. The number of imidazole rings is 1. The summed E-state index contributed by atoms with van der Waals surface area (Å²) >= 11 is 0. The molecule has 0 aliphatic carbocycles. The van der Waals surface area contributed by atoms with Gasteiger partial charge in [-0.25, -0.2) is 9.37 Å². The number of aromatic nitrogens is 2. The molecule has 0 radical (unpaired) electrons. The van der Waals surface area contributed by atoms with Crippen LogP contribution >= 0.6 is 0 Å². The molecule has 4 nitrogen and oxygen atoms in total. The molecule has 0 saturated carbocycles. The first kappa shape index (κ1) is 11.8. The Hall–Kier alpha value is -1.72. The molecule has 0 spiro atoms. The number of ether oxygens (including phenoxy) is 1. The van der Waals surface area contributed by atoms with E-state index in [1.165, 1.54) is 12.1 Å². The lowest BCUT2D eigenvalue weighted by Gasteiger charge is -2.02. The monoisotopic (exact) mass is 236 g/mol. The van der Waals surface area contributed by atoms with Gasteiger partial charge in [-0.3, -0.25) is 0 Å². The second-order valence-corrected chi connectivity index (χ2v) is 3.59. The number of aliphatic hydroxyl groups excluding tert-OH is 1. The van der Waals surface area contributed by atoms with Gasteiger partial charge in [-0.1, -0.05) is 0 Å². The number of benzene rings is 1. The first-order valence-corrected chi connectivity index (χ1v) is 5.16. The highest BCUT2D eigenvalue weighted by atomic mass is 19.1. The maximum Gasteiger partial charge on any atom is 0.137 e.